The first kappa shape index (κ1) is 14.2. The Balaban J connectivity index is 1.98. The van der Waals surface area contributed by atoms with Crippen molar-refractivity contribution >= 4 is 23.0 Å². The molecule has 3 aromatic rings. The third-order valence-electron chi connectivity index (χ3n) is 3.41. The SMILES string of the molecule is Cc1ccccc1C=C(C#N)c1nc(-c2ccccc2)cs1. The summed E-state index contributed by atoms with van der Waals surface area (Å²) >= 11 is 1.50. The van der Waals surface area contributed by atoms with E-state index in [2.05, 4.69) is 11.1 Å². The third kappa shape index (κ3) is 2.98. The van der Waals surface area contributed by atoms with Crippen LogP contribution in [-0.2, 0) is 0 Å². The van der Waals surface area contributed by atoms with Crippen LogP contribution in [0, 0.1) is 18.3 Å². The second kappa shape index (κ2) is 6.38. The van der Waals surface area contributed by atoms with E-state index in [0.717, 1.165) is 27.4 Å². The lowest BCUT2D eigenvalue weighted by Gasteiger charge is -2.00. The zero-order chi connectivity index (χ0) is 15.4. The molecule has 0 radical (unpaired) electrons. The lowest BCUT2D eigenvalue weighted by atomic mass is 10.1. The molecule has 0 aliphatic rings. The first-order valence-corrected chi connectivity index (χ1v) is 7.84. The molecule has 0 aliphatic carbocycles. The van der Waals surface area contributed by atoms with Crippen molar-refractivity contribution in [2.24, 2.45) is 0 Å². The molecule has 3 heteroatoms. The number of rotatable bonds is 3. The van der Waals surface area contributed by atoms with Crippen molar-refractivity contribution in [1.82, 2.24) is 4.98 Å². The molecule has 0 unspecified atom stereocenters. The number of aryl methyl sites for hydroxylation is 1. The lowest BCUT2D eigenvalue weighted by molar-refractivity contribution is 1.37. The molecule has 0 saturated carbocycles. The molecule has 0 fully saturated rings. The summed E-state index contributed by atoms with van der Waals surface area (Å²) in [6.07, 6.45) is 1.91. The number of allylic oxidation sites excluding steroid dienone is 1. The maximum atomic E-state index is 9.46. The van der Waals surface area contributed by atoms with E-state index >= 15 is 0 Å². The second-order valence-electron chi connectivity index (χ2n) is 4.93. The van der Waals surface area contributed by atoms with Gasteiger partial charge in [-0.25, -0.2) is 4.98 Å². The van der Waals surface area contributed by atoms with Gasteiger partial charge in [-0.05, 0) is 24.1 Å². The van der Waals surface area contributed by atoms with Gasteiger partial charge in [-0.15, -0.1) is 11.3 Å². The van der Waals surface area contributed by atoms with Gasteiger partial charge in [0, 0.05) is 10.9 Å². The Morgan fingerprint density at radius 1 is 1.09 bits per heavy atom. The van der Waals surface area contributed by atoms with E-state index in [9.17, 15) is 5.26 Å². The predicted molar refractivity (Wildman–Crippen MR) is 92.2 cm³/mol. The van der Waals surface area contributed by atoms with E-state index in [1.807, 2.05) is 73.0 Å². The van der Waals surface area contributed by atoms with Crippen LogP contribution in [0.25, 0.3) is 22.9 Å². The molecule has 3 rings (SSSR count). The molecular formula is C19H14N2S. The average molecular weight is 302 g/mol. The lowest BCUT2D eigenvalue weighted by Crippen LogP contribution is -1.84. The van der Waals surface area contributed by atoms with Crippen molar-refractivity contribution < 1.29 is 0 Å². The fourth-order valence-corrected chi connectivity index (χ4v) is 2.98. The smallest absolute Gasteiger partial charge is 0.134 e. The fourth-order valence-electron chi connectivity index (χ4n) is 2.19. The Morgan fingerprint density at radius 2 is 1.82 bits per heavy atom. The van der Waals surface area contributed by atoms with E-state index < -0.39 is 0 Å². The van der Waals surface area contributed by atoms with Gasteiger partial charge in [0.05, 0.1) is 11.3 Å². The summed E-state index contributed by atoms with van der Waals surface area (Å²) in [5, 5.41) is 12.2. The highest BCUT2D eigenvalue weighted by molar-refractivity contribution is 7.11. The summed E-state index contributed by atoms with van der Waals surface area (Å²) in [6, 6.07) is 20.3. The quantitative estimate of drug-likeness (QED) is 0.625. The van der Waals surface area contributed by atoms with E-state index in [4.69, 9.17) is 0 Å². The van der Waals surface area contributed by atoms with E-state index in [1.165, 1.54) is 11.3 Å². The first-order chi connectivity index (χ1) is 10.8. The predicted octanol–water partition coefficient (Wildman–Crippen LogP) is 5.18. The van der Waals surface area contributed by atoms with Gasteiger partial charge in [0.25, 0.3) is 0 Å². The Bertz CT molecular complexity index is 854. The van der Waals surface area contributed by atoms with Crippen LogP contribution in [0.4, 0.5) is 0 Å². The van der Waals surface area contributed by atoms with Gasteiger partial charge in [0.2, 0.25) is 0 Å². The van der Waals surface area contributed by atoms with Crippen molar-refractivity contribution in [1.29, 1.82) is 5.26 Å². The molecule has 0 bridgehead atoms. The van der Waals surface area contributed by atoms with Gasteiger partial charge in [0.15, 0.2) is 0 Å². The molecule has 1 heterocycles. The molecule has 0 amide bonds. The molecule has 0 N–H and O–H groups in total. The molecule has 0 spiro atoms. The molecule has 0 saturated heterocycles. The van der Waals surface area contributed by atoms with Crippen molar-refractivity contribution in [3.8, 4) is 17.3 Å². The molecule has 2 aromatic carbocycles. The van der Waals surface area contributed by atoms with Gasteiger partial charge in [0.1, 0.15) is 11.1 Å². The van der Waals surface area contributed by atoms with Gasteiger partial charge in [-0.2, -0.15) is 5.26 Å². The van der Waals surface area contributed by atoms with Crippen LogP contribution in [-0.4, -0.2) is 4.98 Å². The van der Waals surface area contributed by atoms with Crippen molar-refractivity contribution in [2.45, 2.75) is 6.92 Å². The van der Waals surface area contributed by atoms with Crippen LogP contribution in [0.5, 0.6) is 0 Å². The first-order valence-electron chi connectivity index (χ1n) is 6.96. The highest BCUT2D eigenvalue weighted by Crippen LogP contribution is 2.27. The van der Waals surface area contributed by atoms with Crippen LogP contribution in [0.15, 0.2) is 60.0 Å². The summed E-state index contributed by atoms with van der Waals surface area (Å²) in [7, 11) is 0. The normalized spacial score (nSPS) is 11.2. The maximum absolute atomic E-state index is 9.46. The number of hydrogen-bond acceptors (Lipinski definition) is 3. The van der Waals surface area contributed by atoms with Gasteiger partial charge in [-0.3, -0.25) is 0 Å². The van der Waals surface area contributed by atoms with Crippen LogP contribution >= 0.6 is 11.3 Å². The molecule has 1 aromatic heterocycles. The average Bonchev–Trinajstić information content (AvgIpc) is 3.05. The highest BCUT2D eigenvalue weighted by atomic mass is 32.1. The van der Waals surface area contributed by atoms with Crippen LogP contribution < -0.4 is 0 Å². The molecule has 2 nitrogen and oxygen atoms in total. The topological polar surface area (TPSA) is 36.7 Å². The Kier molecular flexibility index (Phi) is 4.13. The summed E-state index contributed by atoms with van der Waals surface area (Å²) in [5.41, 5.74) is 4.77. The van der Waals surface area contributed by atoms with Gasteiger partial charge >= 0.3 is 0 Å². The molecule has 22 heavy (non-hydrogen) atoms. The van der Waals surface area contributed by atoms with E-state index in [1.54, 1.807) is 0 Å². The van der Waals surface area contributed by atoms with Gasteiger partial charge < -0.3 is 0 Å². The maximum Gasteiger partial charge on any atom is 0.134 e. The number of hydrogen-bond donors (Lipinski definition) is 0. The van der Waals surface area contributed by atoms with Crippen LogP contribution in [0.3, 0.4) is 0 Å². The number of aromatic nitrogens is 1. The second-order valence-corrected chi connectivity index (χ2v) is 5.79. The van der Waals surface area contributed by atoms with Crippen molar-refractivity contribution in [3.05, 3.63) is 76.1 Å². The highest BCUT2D eigenvalue weighted by Gasteiger charge is 2.09. The Labute approximate surface area is 134 Å². The van der Waals surface area contributed by atoms with E-state index in [-0.39, 0.29) is 0 Å². The minimum atomic E-state index is 0.599. The molecule has 0 aliphatic heterocycles. The van der Waals surface area contributed by atoms with E-state index in [0.29, 0.717) is 5.57 Å². The Morgan fingerprint density at radius 3 is 2.55 bits per heavy atom. The van der Waals surface area contributed by atoms with Crippen molar-refractivity contribution in [3.63, 3.8) is 0 Å². The largest absolute Gasteiger partial charge is 0.235 e. The van der Waals surface area contributed by atoms with Crippen molar-refractivity contribution in [2.75, 3.05) is 0 Å². The van der Waals surface area contributed by atoms with Crippen LogP contribution in [0.1, 0.15) is 16.1 Å². The number of thiazole rings is 1. The van der Waals surface area contributed by atoms with Gasteiger partial charge in [-0.1, -0.05) is 54.6 Å². The molecule has 106 valence electrons. The standard InChI is InChI=1S/C19H14N2S/c1-14-7-5-6-10-16(14)11-17(12-20)19-21-18(13-22-19)15-8-3-2-4-9-15/h2-11,13H,1H3. The summed E-state index contributed by atoms with van der Waals surface area (Å²) in [6.45, 7) is 2.04. The third-order valence-corrected chi connectivity index (χ3v) is 4.29. The fraction of sp³-hybridized carbons (Fsp3) is 0.0526. The zero-order valence-electron chi connectivity index (χ0n) is 12.2. The summed E-state index contributed by atoms with van der Waals surface area (Å²) in [4.78, 5) is 4.61. The summed E-state index contributed by atoms with van der Waals surface area (Å²) in [5.74, 6) is 0. The minimum absolute atomic E-state index is 0.599. The minimum Gasteiger partial charge on any atom is -0.235 e. The molecular weight excluding hydrogens is 288 g/mol. The summed E-state index contributed by atoms with van der Waals surface area (Å²) < 4.78 is 0. The zero-order valence-corrected chi connectivity index (χ0v) is 13.0. The number of nitrogens with zero attached hydrogens (tertiary/aromatic N) is 2. The number of benzene rings is 2. The number of nitriles is 1. The Hall–Kier alpha value is -2.70. The molecule has 0 atom stereocenters. The monoisotopic (exact) mass is 302 g/mol. The van der Waals surface area contributed by atoms with Crippen LogP contribution in [0.2, 0.25) is 0 Å².